The number of benzene rings is 2. The lowest BCUT2D eigenvalue weighted by molar-refractivity contribution is -0.142. The Kier molecular flexibility index (Phi) is 54.0. The lowest BCUT2D eigenvalue weighted by Crippen LogP contribution is -2.63. The second kappa shape index (κ2) is 61.4. The number of thiol groups is 1. The van der Waals surface area contributed by atoms with Gasteiger partial charge < -0.3 is 154 Å². The van der Waals surface area contributed by atoms with Crippen LogP contribution < -0.4 is 113 Å². The zero-order valence-electron chi connectivity index (χ0n) is 77.2. The van der Waals surface area contributed by atoms with Crippen molar-refractivity contribution < 1.29 is 127 Å². The van der Waals surface area contributed by atoms with E-state index < -0.39 is 291 Å². The van der Waals surface area contributed by atoms with E-state index in [1.807, 2.05) is 6.26 Å². The summed E-state index contributed by atoms with van der Waals surface area (Å²) in [4.78, 5) is 249. The van der Waals surface area contributed by atoms with Crippen LogP contribution in [0.3, 0.4) is 0 Å². The van der Waals surface area contributed by atoms with Gasteiger partial charge >= 0.3 is 11.9 Å². The summed E-state index contributed by atoms with van der Waals surface area (Å²) in [6, 6.07) is -15.2. The average molecular weight is 1950 g/mol. The number of aliphatic carboxylic acids is 2. The SMILES string of the molecule is CSCC[C@H](N)C(=O)N[C@@H](Cc1ccc(O)cc1)C(=O)N[C@@H](Cc1ccc(O)cc1)C(=O)N[C@@H](CC(C)C)C(=O)N[C@H](C(=O)N[C@H](C(=O)N[C@@H](CC(C)C)C(=O)N[C@@H](CCC(N)=O)C(=O)N[C@@H](CO)C(=O)N[C@@H](CCCNC(=N)N)C(=O)N[C@@H](CO)C(=O)N[C@@H](CC(C)C)C(=O)N[C@@H](CCC(=O)O)C(=O)N[C@@H](CO)C(=O)N[C@@H](CCCNC(=N)N)C(=O)N[C@@H](CS)C(=O)O)C(C)C)[C@@H](C)O. The smallest absolute Gasteiger partial charge is 0.327 e. The van der Waals surface area contributed by atoms with Gasteiger partial charge in [0, 0.05) is 44.5 Å². The molecule has 0 aliphatic carbocycles. The van der Waals surface area contributed by atoms with Crippen LogP contribution in [-0.4, -0.2) is 313 Å². The highest BCUT2D eigenvalue weighted by atomic mass is 32.2. The number of hydrogen-bond acceptors (Lipinski definition) is 29. The van der Waals surface area contributed by atoms with E-state index in [2.05, 4.69) is 103 Å². The minimum absolute atomic E-state index is 0.00416. The van der Waals surface area contributed by atoms with Gasteiger partial charge in [-0.2, -0.15) is 24.4 Å². The third-order valence-corrected chi connectivity index (χ3v) is 21.4. The molecule has 135 heavy (non-hydrogen) atoms. The van der Waals surface area contributed by atoms with Gasteiger partial charge in [0.15, 0.2) is 11.9 Å². The molecule has 0 aliphatic rings. The van der Waals surface area contributed by atoms with Crippen molar-refractivity contribution in [1.82, 2.24) is 90.4 Å². The van der Waals surface area contributed by atoms with E-state index in [1.165, 1.54) is 74.1 Å². The molecule has 0 heterocycles. The van der Waals surface area contributed by atoms with Crippen molar-refractivity contribution in [3.05, 3.63) is 59.7 Å². The van der Waals surface area contributed by atoms with Gasteiger partial charge in [0.25, 0.3) is 0 Å². The molecule has 17 atom stereocenters. The summed E-state index contributed by atoms with van der Waals surface area (Å²) in [5.74, 6) is -23.7. The molecule has 0 unspecified atom stereocenters. The number of guanidine groups is 2. The molecule has 0 fully saturated rings. The maximum Gasteiger partial charge on any atom is 0.327 e. The summed E-state index contributed by atoms with van der Waals surface area (Å²) in [7, 11) is 0. The predicted molar refractivity (Wildman–Crippen MR) is 495 cm³/mol. The Bertz CT molecular complexity index is 4310. The van der Waals surface area contributed by atoms with E-state index in [0.717, 1.165) is 6.92 Å². The largest absolute Gasteiger partial charge is 0.508 e. The Morgan fingerprint density at radius 1 is 0.370 bits per heavy atom. The topological polar surface area (TPSA) is 825 Å². The van der Waals surface area contributed by atoms with Gasteiger partial charge in [0.2, 0.25) is 94.5 Å². The number of nitrogens with one attached hydrogen (secondary N) is 19. The van der Waals surface area contributed by atoms with Crippen molar-refractivity contribution in [2.24, 2.45) is 46.6 Å². The molecule has 51 heteroatoms. The van der Waals surface area contributed by atoms with E-state index in [0.29, 0.717) is 16.9 Å². The summed E-state index contributed by atoms with van der Waals surface area (Å²) in [6.07, 6.45) is -4.01. The summed E-state index contributed by atoms with van der Waals surface area (Å²) >= 11 is 5.36. The molecule has 2 aromatic rings. The van der Waals surface area contributed by atoms with Gasteiger partial charge in [-0.25, -0.2) is 4.79 Å². The molecule has 0 saturated heterocycles. The van der Waals surface area contributed by atoms with Crippen LogP contribution in [0.15, 0.2) is 48.5 Å². The number of thioether (sulfide) groups is 1. The monoisotopic (exact) mass is 1950 g/mol. The number of hydrogen-bond donors (Lipinski definition) is 32. The standard InChI is InChI=1S/C84H137N23O26S2/c1-40(2)31-54(72(122)96-53(24-26-64(115)116)71(121)104-60(37-109)78(128)94-51(14-12-29-92-84(89)90)69(119)105-62(39-134)82(132)133)99-79(129)61(38-110)102-68(118)50(13-11-28-91-83(87)88)93-77(127)59(36-108)103-70(120)52(23-25-63(86)114)95-73(123)55(32-41(3)4)101-80(130)65(43(7)8)106-81(131)66(44(9)111)107-76(126)56(33-42(5)6)98-75(125)58(35-46-17-21-48(113)22-18-46)100-74(124)57(34-45-15-19-47(112)20-16-45)97-67(117)49(85)27-30-135-10/h15-22,40-44,49-62,65-66,108-113,134H,11-14,23-39,85H2,1-10H3,(H2,86,114)(H,93,127)(H,94,128)(H,95,123)(H,96,122)(H,97,117)(H,98,125)(H,99,129)(H,100,124)(H,101,130)(H,102,118)(H,103,120)(H,104,121)(H,105,119)(H,106,131)(H,107,126)(H,115,116)(H,132,133)(H4,87,88,91)(H4,89,90,92)/t44-,49+,50+,51+,52+,53+,54+,55+,56+,57+,58+,59+,60+,61+,62+,65+,66+/m1/s1. The van der Waals surface area contributed by atoms with Crippen LogP contribution in [0.25, 0.3) is 0 Å². The molecule has 0 bridgehead atoms. The van der Waals surface area contributed by atoms with Gasteiger partial charge in [-0.15, -0.1) is 0 Å². The summed E-state index contributed by atoms with van der Waals surface area (Å²) in [5.41, 5.74) is 23.4. The predicted octanol–water partition coefficient (Wildman–Crippen LogP) is -7.94. The Balaban J connectivity index is 2.51. The first-order chi connectivity index (χ1) is 63.4. The third kappa shape index (κ3) is 45.4. The molecule has 0 saturated carbocycles. The number of aliphatic hydroxyl groups excluding tert-OH is 4. The fourth-order valence-electron chi connectivity index (χ4n) is 13.1. The fourth-order valence-corrected chi connectivity index (χ4v) is 13.8. The molecule has 2 rings (SSSR count). The van der Waals surface area contributed by atoms with E-state index in [9.17, 15) is 127 Å². The van der Waals surface area contributed by atoms with Crippen molar-refractivity contribution in [2.45, 2.75) is 255 Å². The maximum absolute atomic E-state index is 14.7. The van der Waals surface area contributed by atoms with Gasteiger partial charge in [-0.05, 0) is 142 Å². The zero-order chi connectivity index (χ0) is 102. The zero-order valence-corrected chi connectivity index (χ0v) is 78.9. The molecule has 2 aromatic carbocycles. The molecule has 756 valence electrons. The van der Waals surface area contributed by atoms with Crippen LogP contribution in [0.4, 0.5) is 0 Å². The lowest BCUT2D eigenvalue weighted by Gasteiger charge is -2.30. The quantitative estimate of drug-likeness (QED) is 0.0127. The Labute approximate surface area is 790 Å². The molecule has 0 spiro atoms. The Morgan fingerprint density at radius 3 is 0.963 bits per heavy atom. The summed E-state index contributed by atoms with van der Waals surface area (Å²) in [5, 5.41) is 138. The number of carbonyl (C=O) groups excluding carboxylic acids is 16. The first-order valence-electron chi connectivity index (χ1n) is 43.8. The van der Waals surface area contributed by atoms with E-state index in [1.54, 1.807) is 41.5 Å². The van der Waals surface area contributed by atoms with Gasteiger partial charge in [0.05, 0.1) is 32.0 Å². The summed E-state index contributed by atoms with van der Waals surface area (Å²) < 4.78 is 0. The molecular weight excluding hydrogens is 1810 g/mol. The number of phenols is 2. The van der Waals surface area contributed by atoms with Crippen LogP contribution in [0.1, 0.15) is 150 Å². The highest BCUT2D eigenvalue weighted by Gasteiger charge is 2.41. The number of carboxylic acid groups (broad SMARTS) is 2. The van der Waals surface area contributed by atoms with Crippen molar-refractivity contribution in [3.8, 4) is 11.5 Å². The Hall–Kier alpha value is -12.5. The van der Waals surface area contributed by atoms with Crippen molar-refractivity contribution in [3.63, 3.8) is 0 Å². The molecule has 49 nitrogen and oxygen atoms in total. The molecule has 35 N–H and O–H groups in total. The summed E-state index contributed by atoms with van der Waals surface area (Å²) in [6.45, 7) is 10.3. The first kappa shape index (κ1) is 119. The van der Waals surface area contributed by atoms with Crippen LogP contribution in [-0.2, 0) is 99.1 Å². The third-order valence-electron chi connectivity index (χ3n) is 20.4. The number of phenolic OH excluding ortho intramolecular Hbond substituents is 2. The number of primary amides is 1. The van der Waals surface area contributed by atoms with Crippen molar-refractivity contribution in [1.29, 1.82) is 10.8 Å². The highest BCUT2D eigenvalue weighted by molar-refractivity contribution is 7.98. The molecule has 16 amide bonds. The van der Waals surface area contributed by atoms with Crippen LogP contribution in [0.2, 0.25) is 0 Å². The average Bonchev–Trinajstić information content (AvgIpc) is 0.841. The normalized spacial score (nSPS) is 15.0. The number of rotatable bonds is 64. The second-order valence-corrected chi connectivity index (χ2v) is 35.1. The minimum atomic E-state index is -2.03. The van der Waals surface area contributed by atoms with Gasteiger partial charge in [-0.1, -0.05) is 79.7 Å². The Morgan fingerprint density at radius 2 is 0.652 bits per heavy atom. The van der Waals surface area contributed by atoms with E-state index >= 15 is 0 Å². The number of carbonyl (C=O) groups is 18. The van der Waals surface area contributed by atoms with Gasteiger partial charge in [0.1, 0.15) is 102 Å². The molecular formula is C84H137N23O26S2. The number of nitrogens with two attached hydrogens (primary N) is 4. The molecule has 0 aromatic heterocycles. The second-order valence-electron chi connectivity index (χ2n) is 33.7. The number of aromatic hydroxyl groups is 2. The van der Waals surface area contributed by atoms with Crippen LogP contribution in [0, 0.1) is 34.5 Å². The molecule has 0 radical (unpaired) electrons. The van der Waals surface area contributed by atoms with Gasteiger partial charge in [-0.3, -0.25) is 92.3 Å². The first-order valence-corrected chi connectivity index (χ1v) is 45.8. The van der Waals surface area contributed by atoms with Crippen LogP contribution in [0.5, 0.6) is 11.5 Å². The van der Waals surface area contributed by atoms with E-state index in [-0.39, 0.29) is 94.0 Å². The van der Waals surface area contributed by atoms with Crippen LogP contribution >= 0.6 is 24.4 Å². The van der Waals surface area contributed by atoms with E-state index in [4.69, 9.17) is 33.8 Å². The maximum atomic E-state index is 14.7. The highest BCUT2D eigenvalue weighted by Crippen LogP contribution is 2.19. The number of carboxylic acids is 2. The van der Waals surface area contributed by atoms with Crippen molar-refractivity contribution in [2.75, 3.05) is 50.7 Å². The van der Waals surface area contributed by atoms with Crippen molar-refractivity contribution >= 4 is 143 Å². The number of amides is 16. The minimum Gasteiger partial charge on any atom is -0.508 e. The number of aliphatic hydroxyl groups is 4. The fraction of sp³-hybridized carbons (Fsp3) is 0.619. The molecule has 0 aliphatic heterocycles. The lowest BCUT2D eigenvalue weighted by atomic mass is 9.98.